The van der Waals surface area contributed by atoms with Crippen molar-refractivity contribution >= 4 is 11.4 Å². The summed E-state index contributed by atoms with van der Waals surface area (Å²) in [5, 5.41) is 2.64. The van der Waals surface area contributed by atoms with E-state index in [1.54, 1.807) is 35.3 Å². The van der Waals surface area contributed by atoms with Gasteiger partial charge in [0.15, 0.2) is 0 Å². The van der Waals surface area contributed by atoms with E-state index in [0.29, 0.717) is 5.56 Å². The average molecular weight is 270 g/mol. The Bertz CT molecular complexity index is 768. The van der Waals surface area contributed by atoms with Gasteiger partial charge in [-0.05, 0) is 24.3 Å². The predicted molar refractivity (Wildman–Crippen MR) is 70.6 cm³/mol. The Morgan fingerprint density at radius 1 is 1.40 bits per heavy atom. The van der Waals surface area contributed by atoms with Gasteiger partial charge in [0.2, 0.25) is 0 Å². The molecule has 5 nitrogen and oxygen atoms in total. The second-order valence-electron chi connectivity index (χ2n) is 4.26. The van der Waals surface area contributed by atoms with Gasteiger partial charge in [0.05, 0.1) is 30.3 Å². The maximum absolute atomic E-state index is 13.4. The fourth-order valence-electron chi connectivity index (χ4n) is 1.88. The molecule has 0 unspecified atom stereocenters. The van der Waals surface area contributed by atoms with Crippen LogP contribution < -0.4 is 5.32 Å². The maximum atomic E-state index is 13.4. The Morgan fingerprint density at radius 3 is 3.15 bits per heavy atom. The third kappa shape index (κ3) is 2.35. The number of imidazole rings is 1. The highest BCUT2D eigenvalue weighted by Gasteiger charge is 2.08. The first-order chi connectivity index (χ1) is 9.74. The average Bonchev–Trinajstić information content (AvgIpc) is 2.93. The zero-order valence-corrected chi connectivity index (χ0v) is 10.5. The van der Waals surface area contributed by atoms with E-state index in [2.05, 4.69) is 15.3 Å². The summed E-state index contributed by atoms with van der Waals surface area (Å²) in [5.41, 5.74) is 1.53. The van der Waals surface area contributed by atoms with Gasteiger partial charge in [-0.15, -0.1) is 0 Å². The number of carbonyl (C=O) groups is 1. The van der Waals surface area contributed by atoms with Crippen LogP contribution in [0.5, 0.6) is 0 Å². The quantitative estimate of drug-likeness (QED) is 0.789. The van der Waals surface area contributed by atoms with Gasteiger partial charge in [-0.2, -0.15) is 0 Å². The van der Waals surface area contributed by atoms with E-state index in [9.17, 15) is 9.18 Å². The van der Waals surface area contributed by atoms with Crippen molar-refractivity contribution in [3.63, 3.8) is 0 Å². The van der Waals surface area contributed by atoms with Crippen LogP contribution in [0.15, 0.2) is 49.2 Å². The number of amides is 1. The number of halogens is 1. The second kappa shape index (κ2) is 5.08. The normalized spacial score (nSPS) is 10.7. The Hall–Kier alpha value is -2.76. The van der Waals surface area contributed by atoms with Crippen LogP contribution in [0.25, 0.3) is 5.52 Å². The fourth-order valence-corrected chi connectivity index (χ4v) is 1.88. The number of hydrogen-bond donors (Lipinski definition) is 1. The summed E-state index contributed by atoms with van der Waals surface area (Å²) in [5.74, 6) is -0.710. The van der Waals surface area contributed by atoms with Crippen LogP contribution in [0, 0.1) is 5.82 Å². The van der Waals surface area contributed by atoms with Crippen molar-refractivity contribution in [1.82, 2.24) is 19.7 Å². The Balaban J connectivity index is 1.74. The lowest BCUT2D eigenvalue weighted by Crippen LogP contribution is -2.24. The van der Waals surface area contributed by atoms with Crippen molar-refractivity contribution in [2.75, 3.05) is 0 Å². The highest BCUT2D eigenvalue weighted by atomic mass is 19.1. The number of rotatable bonds is 3. The molecule has 1 amide bonds. The second-order valence-corrected chi connectivity index (χ2v) is 4.26. The van der Waals surface area contributed by atoms with Gasteiger partial charge in [0.25, 0.3) is 5.91 Å². The Labute approximate surface area is 114 Å². The number of aromatic nitrogens is 3. The topological polar surface area (TPSA) is 59.3 Å². The number of carbonyl (C=O) groups excluding carboxylic acids is 1. The first-order valence-corrected chi connectivity index (χ1v) is 6.03. The van der Waals surface area contributed by atoms with E-state index >= 15 is 0 Å². The molecule has 3 heterocycles. The van der Waals surface area contributed by atoms with E-state index < -0.39 is 5.82 Å². The molecule has 0 aliphatic rings. The molecule has 3 rings (SSSR count). The molecular weight excluding hydrogens is 259 g/mol. The molecule has 0 saturated heterocycles. The number of nitrogens with one attached hydrogen (secondary N) is 1. The molecule has 1 N–H and O–H groups in total. The van der Waals surface area contributed by atoms with Crippen LogP contribution >= 0.6 is 0 Å². The van der Waals surface area contributed by atoms with E-state index in [1.165, 1.54) is 18.3 Å². The molecule has 20 heavy (non-hydrogen) atoms. The lowest BCUT2D eigenvalue weighted by Gasteiger charge is -2.06. The molecule has 0 aliphatic heterocycles. The summed E-state index contributed by atoms with van der Waals surface area (Å²) in [6.45, 7) is 0.0515. The molecule has 0 saturated carbocycles. The molecule has 3 aromatic rings. The van der Waals surface area contributed by atoms with Gasteiger partial charge in [0, 0.05) is 18.0 Å². The number of fused-ring (bicyclic) bond motifs is 1. The predicted octanol–water partition coefficient (Wildman–Crippen LogP) is 1.80. The summed E-state index contributed by atoms with van der Waals surface area (Å²) in [7, 11) is 0. The molecule has 100 valence electrons. The van der Waals surface area contributed by atoms with Crippen molar-refractivity contribution in [2.24, 2.45) is 0 Å². The van der Waals surface area contributed by atoms with E-state index in [0.717, 1.165) is 5.52 Å². The van der Waals surface area contributed by atoms with E-state index in [1.807, 2.05) is 0 Å². The van der Waals surface area contributed by atoms with Crippen LogP contribution in [-0.4, -0.2) is 20.3 Å². The lowest BCUT2D eigenvalue weighted by atomic mass is 10.2. The number of pyridine rings is 2. The minimum absolute atomic E-state index is 0.0515. The van der Waals surface area contributed by atoms with Gasteiger partial charge < -0.3 is 9.72 Å². The molecule has 0 atom stereocenters. The molecule has 0 aromatic carbocycles. The van der Waals surface area contributed by atoms with Gasteiger partial charge in [-0.1, -0.05) is 0 Å². The monoisotopic (exact) mass is 270 g/mol. The maximum Gasteiger partial charge on any atom is 0.251 e. The van der Waals surface area contributed by atoms with Crippen LogP contribution in [0.2, 0.25) is 0 Å². The molecule has 0 aliphatic carbocycles. The van der Waals surface area contributed by atoms with Crippen LogP contribution in [0.4, 0.5) is 4.39 Å². The first kappa shape index (κ1) is 12.3. The van der Waals surface area contributed by atoms with Crippen LogP contribution in [0.1, 0.15) is 16.1 Å². The lowest BCUT2D eigenvalue weighted by molar-refractivity contribution is 0.0950. The summed E-state index contributed by atoms with van der Waals surface area (Å²) < 4.78 is 15.2. The van der Waals surface area contributed by atoms with Gasteiger partial charge in [0.1, 0.15) is 5.82 Å². The van der Waals surface area contributed by atoms with Crippen molar-refractivity contribution in [3.8, 4) is 0 Å². The highest BCUT2D eigenvalue weighted by Crippen LogP contribution is 2.07. The fraction of sp³-hybridized carbons (Fsp3) is 0.0714. The molecule has 6 heteroatoms. The molecule has 0 bridgehead atoms. The summed E-state index contributed by atoms with van der Waals surface area (Å²) in [4.78, 5) is 19.9. The SMILES string of the molecule is O=C(NCc1ncccc1F)c1ccn2cncc2c1. The zero-order chi connectivity index (χ0) is 13.9. The van der Waals surface area contributed by atoms with Crippen molar-refractivity contribution in [1.29, 1.82) is 0 Å². The number of hydrogen-bond acceptors (Lipinski definition) is 3. The summed E-state index contributed by atoms with van der Waals surface area (Å²) in [6.07, 6.45) is 6.55. The minimum atomic E-state index is -0.431. The molecule has 3 aromatic heterocycles. The Morgan fingerprint density at radius 2 is 2.30 bits per heavy atom. The highest BCUT2D eigenvalue weighted by molar-refractivity contribution is 5.95. The van der Waals surface area contributed by atoms with Crippen LogP contribution in [0.3, 0.4) is 0 Å². The van der Waals surface area contributed by atoms with Gasteiger partial charge >= 0.3 is 0 Å². The van der Waals surface area contributed by atoms with Crippen molar-refractivity contribution in [2.45, 2.75) is 6.54 Å². The smallest absolute Gasteiger partial charge is 0.251 e. The van der Waals surface area contributed by atoms with Crippen molar-refractivity contribution in [3.05, 3.63) is 66.3 Å². The Kier molecular flexibility index (Phi) is 3.12. The third-order valence-electron chi connectivity index (χ3n) is 2.93. The molecular formula is C14H11FN4O. The first-order valence-electron chi connectivity index (χ1n) is 6.03. The molecule has 0 radical (unpaired) electrons. The largest absolute Gasteiger partial charge is 0.346 e. The van der Waals surface area contributed by atoms with Crippen LogP contribution in [-0.2, 0) is 6.54 Å². The third-order valence-corrected chi connectivity index (χ3v) is 2.93. The summed E-state index contributed by atoms with van der Waals surface area (Å²) >= 11 is 0. The van der Waals surface area contributed by atoms with Gasteiger partial charge in [-0.3, -0.25) is 9.78 Å². The standard InChI is InChI=1S/C14H11FN4O/c15-12-2-1-4-17-13(12)8-18-14(20)10-3-5-19-9-16-7-11(19)6-10/h1-7,9H,8H2,(H,18,20). The molecule has 0 spiro atoms. The zero-order valence-electron chi connectivity index (χ0n) is 10.5. The molecule has 0 fully saturated rings. The summed E-state index contributed by atoms with van der Waals surface area (Å²) in [6, 6.07) is 6.22. The van der Waals surface area contributed by atoms with E-state index in [4.69, 9.17) is 0 Å². The van der Waals surface area contributed by atoms with E-state index in [-0.39, 0.29) is 18.1 Å². The van der Waals surface area contributed by atoms with Gasteiger partial charge in [-0.25, -0.2) is 9.37 Å². The number of nitrogens with zero attached hydrogens (tertiary/aromatic N) is 3. The van der Waals surface area contributed by atoms with Crippen molar-refractivity contribution < 1.29 is 9.18 Å². The minimum Gasteiger partial charge on any atom is -0.346 e.